The van der Waals surface area contributed by atoms with Gasteiger partial charge >= 0.3 is 0 Å². The smallest absolute Gasteiger partial charge is 0.270 e. The summed E-state index contributed by atoms with van der Waals surface area (Å²) in [4.78, 5) is 8.73. The van der Waals surface area contributed by atoms with E-state index in [2.05, 4.69) is 338 Å². The minimum Gasteiger partial charge on any atom is -0.414 e. The zero-order valence-electron chi connectivity index (χ0n) is 56.8. The molecule has 2 aromatic heterocycles. The van der Waals surface area contributed by atoms with Gasteiger partial charge in [0.1, 0.15) is 12.5 Å². The summed E-state index contributed by atoms with van der Waals surface area (Å²) in [5.41, 5.74) is 7.72. The highest BCUT2D eigenvalue weighted by Crippen LogP contribution is 3.50. The molecule has 4 N–H and O–H groups in total. The fourth-order valence-corrected chi connectivity index (χ4v) is 1010. The highest BCUT2D eigenvalue weighted by Gasteiger charge is 2.63. The number of aliphatic hydroxyl groups is 1. The van der Waals surface area contributed by atoms with Gasteiger partial charge in [0.15, 0.2) is 21.3 Å². The van der Waals surface area contributed by atoms with Crippen molar-refractivity contribution < 1.29 is 26.7 Å². The summed E-state index contributed by atoms with van der Waals surface area (Å²) < 4.78 is 58.4. The minimum absolute atomic E-state index is 0.00912. The van der Waals surface area contributed by atoms with Gasteiger partial charge in [0, 0.05) is 24.8 Å². The van der Waals surface area contributed by atoms with Gasteiger partial charge in [-0.3, -0.25) is 0 Å². The van der Waals surface area contributed by atoms with Crippen LogP contribution in [0.25, 0.3) is 34.3 Å². The fourth-order valence-electron chi connectivity index (χ4n) is 7.85. The van der Waals surface area contributed by atoms with Crippen molar-refractivity contribution in [2.75, 3.05) is 19.0 Å². The zero-order valence-corrected chi connectivity index (χ0v) is 129. The van der Waals surface area contributed by atoms with Gasteiger partial charge < -0.3 is 20.6 Å². The van der Waals surface area contributed by atoms with E-state index in [9.17, 15) is 17.2 Å². The number of benzene rings is 2. The van der Waals surface area contributed by atoms with Crippen LogP contribution in [0.1, 0.15) is 25.8 Å². The van der Waals surface area contributed by atoms with E-state index in [1.54, 1.807) is 32.0 Å². The Labute approximate surface area is 765 Å². The Hall–Kier alpha value is 25.9. The lowest BCUT2D eigenvalue weighted by atomic mass is 10.1. The Morgan fingerprint density at radius 2 is 0.806 bits per heavy atom. The van der Waals surface area contributed by atoms with Crippen LogP contribution in [-0.4, -0.2) is 58.3 Å². The van der Waals surface area contributed by atoms with E-state index >= 15 is 0 Å². The van der Waals surface area contributed by atoms with E-state index < -0.39 is 27.6 Å². The Bertz CT molecular complexity index is 3210. The van der Waals surface area contributed by atoms with Gasteiger partial charge in [0.05, 0.1) is 27.6 Å². The number of halogens is 2. The molecule has 4 aromatic rings. The van der Waals surface area contributed by atoms with Crippen LogP contribution in [0, 0.1) is 5.82 Å². The van der Waals surface area contributed by atoms with Gasteiger partial charge in [-0.15, -0.1) is 323 Å². The third kappa shape index (κ3) is 40.9. The van der Waals surface area contributed by atoms with E-state index in [1.807, 2.05) is 0 Å². The summed E-state index contributed by atoms with van der Waals surface area (Å²) in [5.74, 6) is -0.739. The molecule has 2 aromatic carbocycles. The molecule has 0 saturated heterocycles. The molecule has 42 atom stereocenters. The Balaban J connectivity index is 0.000000647. The average molecular weight is 2770 g/mol. The molecule has 10 nitrogen and oxygen atoms in total. The van der Waals surface area contributed by atoms with Crippen LogP contribution in [0.4, 0.5) is 14.6 Å². The summed E-state index contributed by atoms with van der Waals surface area (Å²) in [5, 5.41) is 19.2. The van der Waals surface area contributed by atoms with Crippen LogP contribution in [0.3, 0.4) is 0 Å². The van der Waals surface area contributed by atoms with Crippen LogP contribution in [-0.2, 0) is 16.4 Å². The van der Waals surface area contributed by atoms with E-state index in [4.69, 9.17) is 15.3 Å². The SMILES string of the molecule is CC(CF)NCc1ccc(-c2nnc(-c3nc(-c4ccc(S(=O)(=O)C(C)CCO)cc4)cnc3N)o2)c(F)c1.PPP(P(P)P)P(P(P(P)P)P(P)P)P(P(P(P)P)P(P)P)P(P(P(P(P)P)P(P)P)P(P(P)P)P(P)P)P(P(P(P(P)P)P(P)P)P(P(P)P)P(P)P)P(P(P(P)P)P(P)P)P(P(P)P)P(P)P. The predicted octanol–water partition coefficient (Wildman–Crippen LogP) is 44.0. The molecule has 2 heterocycles. The van der Waals surface area contributed by atoms with Crippen molar-refractivity contribution in [3.05, 3.63) is 60.0 Å². The van der Waals surface area contributed by atoms with Gasteiger partial charge in [0.25, 0.3) is 11.8 Å². The highest BCUT2D eigenvalue weighted by molar-refractivity contribution is 9.56. The fraction of sp³-hybridized carbons (Fsp3) is 0.308. The lowest BCUT2D eigenvalue weighted by Gasteiger charge is -2.61. The summed E-state index contributed by atoms with van der Waals surface area (Å²) in [7, 11) is 124. The largest absolute Gasteiger partial charge is 0.414 e. The number of aliphatic hydroxyl groups excluding tert-OH is 1. The number of nitrogens with zero attached hydrogens (tertiary/aromatic N) is 4. The second-order valence-electron chi connectivity index (χ2n) is 19.9. The average Bonchev–Trinajstić information content (AvgIpc) is 0.810. The first-order valence-electron chi connectivity index (χ1n) is 27.8. The van der Waals surface area contributed by atoms with Gasteiger partial charge in [-0.2, -0.15) is 0 Å². The first-order valence-corrected chi connectivity index (χ1v) is 155. The topological polar surface area (TPSA) is 157 Å². The molecule has 42 unspecified atom stereocenters. The number of nitrogens with one attached hydrogen (secondary N) is 1. The van der Waals surface area contributed by atoms with Crippen LogP contribution < -0.4 is 11.1 Å². The molecule has 4 rings (SSSR count). The van der Waals surface area contributed by atoms with Crippen molar-refractivity contribution in [1.82, 2.24) is 25.5 Å². The molecule has 0 spiro atoms. The first kappa shape index (κ1) is 128. The first-order chi connectivity index (χ1) is 50.0. The number of alkyl halides is 1. The number of rotatable bonds is 44. The number of nitrogens with two attached hydrogens (primary N) is 1. The third-order valence-electron chi connectivity index (χ3n) is 12.2. The number of anilines is 1. The molecule has 0 aliphatic rings. The van der Waals surface area contributed by atoms with Crippen molar-refractivity contribution in [1.29, 1.82) is 0 Å². The summed E-state index contributed by atoms with van der Waals surface area (Å²) in [6, 6.07) is 10.2. The van der Waals surface area contributed by atoms with Crippen LogP contribution in [0.5, 0.6) is 0 Å². The number of nitrogen functional groups attached to an aromatic ring is 1. The third-order valence-corrected chi connectivity index (χ3v) is 498. The van der Waals surface area contributed by atoms with Crippen molar-refractivity contribution >= 4 is 567 Å². The summed E-state index contributed by atoms with van der Waals surface area (Å²) in [6.45, 7) is -6.29. The van der Waals surface area contributed by atoms with E-state index in [0.29, 0.717) is 23.4 Å². The highest BCUT2D eigenvalue weighted by atomic mass is 33.6. The van der Waals surface area contributed by atoms with Crippen molar-refractivity contribution in [3.8, 4) is 34.3 Å². The summed E-state index contributed by atoms with van der Waals surface area (Å²) >= 11 is 0. The lowest BCUT2D eigenvalue weighted by molar-refractivity contribution is 0.287. The van der Waals surface area contributed by atoms with Crippen molar-refractivity contribution in [2.24, 2.45) is 0 Å². The number of sulfone groups is 1. The second-order valence-corrected chi connectivity index (χ2v) is 306. The monoisotopic (exact) mass is 2770 g/mol. The maximum absolute atomic E-state index is 14.8. The Kier molecular flexibility index (Phi) is 79.3. The van der Waals surface area contributed by atoms with Crippen LogP contribution in [0.2, 0.25) is 0 Å². The molecular formula is C26H99F2N6O4P69S. The quantitative estimate of drug-likeness (QED) is 0.0364. The van der Waals surface area contributed by atoms with Gasteiger partial charge in [-0.25, -0.2) is 27.2 Å². The van der Waals surface area contributed by atoms with Crippen LogP contribution in [0.15, 0.2) is 58.0 Å². The molecule has 82 heteroatoms. The van der Waals surface area contributed by atoms with Crippen molar-refractivity contribution in [2.45, 2.75) is 43.0 Å². The van der Waals surface area contributed by atoms with E-state index in [0.717, 1.165) is 7.96 Å². The van der Waals surface area contributed by atoms with Gasteiger partial charge in [-0.05, 0) is 281 Å². The predicted molar refractivity (Wildman–Crippen MR) is 718 cm³/mol. The Morgan fingerprint density at radius 3 is 1.11 bits per heavy atom. The minimum atomic E-state index is -3.59. The number of hydrogen-bond donors (Lipinski definition) is 3. The number of aromatic nitrogens is 4. The molecule has 0 radical (unpaired) electrons. The molecule has 108 heavy (non-hydrogen) atoms. The maximum Gasteiger partial charge on any atom is 0.270 e. The van der Waals surface area contributed by atoms with E-state index in [-0.39, 0.29) is 283 Å². The van der Waals surface area contributed by atoms with Crippen molar-refractivity contribution in [3.63, 3.8) is 0 Å². The molecule has 0 aliphatic heterocycles. The van der Waals surface area contributed by atoms with E-state index in [1.165, 1.54) is 30.5 Å². The van der Waals surface area contributed by atoms with Crippen LogP contribution >= 0.6 is 551 Å². The normalized spacial score (nSPS) is 15.3. The second kappa shape index (κ2) is 66.9. The molecular weight excluding hydrogens is 2670 g/mol. The van der Waals surface area contributed by atoms with Gasteiger partial charge in [0.2, 0.25) is 0 Å². The molecule has 0 amide bonds. The Morgan fingerprint density at radius 1 is 0.481 bits per heavy atom. The molecule has 0 saturated carbocycles. The molecule has 0 bridgehead atoms. The zero-order chi connectivity index (χ0) is 82.9. The maximum atomic E-state index is 14.8. The number of hydrogen-bond acceptors (Lipinski definition) is 10. The molecule has 622 valence electrons. The van der Waals surface area contributed by atoms with Gasteiger partial charge in [-0.1, -0.05) is 26.2 Å². The lowest BCUT2D eigenvalue weighted by Crippen LogP contribution is -2.27. The standard InChI is InChI=1S/C26H28F2N6O4S.H71P69/c1-15(12-27)30-13-17-3-8-20(21(28)11-17)25-33-34-26(38-25)23-24(29)31-14-22(32-23)18-4-6-19(7-5-18)39(36,37)16(2)9-10-35;1-36-54(37(2)3)63(55(38(4)5)39(6)7)67(62(52(32)33)53(34)35)69(66(60(48(24)25)49(26)27)61(50(28)29)51(30)31)68(64(56(40(8)9)41(10)11)57(42(12)13)43(14)15)65(58(44(16)17)45(18)19)59(46(20)21)47(22)23/h3-8,11,14-16,30,35H,9-10,12-13H2,1-2H3,(H2,29,31);36H,1-35H2. The summed E-state index contributed by atoms with van der Waals surface area (Å²) in [6.07, 6.45) is 1.55. The molecule has 0 aliphatic carbocycles. The molecule has 0 fully saturated rings.